The topological polar surface area (TPSA) is 63.6 Å². The van der Waals surface area contributed by atoms with Gasteiger partial charge in [0.1, 0.15) is 0 Å². The van der Waals surface area contributed by atoms with Crippen molar-refractivity contribution in [1.29, 1.82) is 0 Å². The Morgan fingerprint density at radius 3 is 2.05 bits per heavy atom. The largest absolute Gasteiger partial charge is 0.478 e. The third-order valence-corrected chi connectivity index (χ3v) is 2.39. The molecule has 0 aliphatic carbocycles. The molecule has 0 aliphatic rings. The molecule has 20 heavy (non-hydrogen) atoms. The first-order chi connectivity index (χ1) is 9.10. The molecule has 0 saturated heterocycles. The van der Waals surface area contributed by atoms with E-state index in [9.17, 15) is 9.59 Å². The zero-order valence-electron chi connectivity index (χ0n) is 13.2. The van der Waals surface area contributed by atoms with Gasteiger partial charge < -0.3 is 9.84 Å². The van der Waals surface area contributed by atoms with Crippen LogP contribution in [-0.4, -0.2) is 17.0 Å². The van der Waals surface area contributed by atoms with Gasteiger partial charge in [0.25, 0.3) is 0 Å². The fourth-order valence-corrected chi connectivity index (χ4v) is 1.25. The molecule has 0 bridgehead atoms. The Balaban J connectivity index is 0. The second kappa shape index (κ2) is 11.3. The molecule has 0 aromatic heterocycles. The van der Waals surface area contributed by atoms with Crippen molar-refractivity contribution in [3.63, 3.8) is 0 Å². The van der Waals surface area contributed by atoms with Crippen molar-refractivity contribution in [2.75, 3.05) is 0 Å². The lowest BCUT2D eigenvalue weighted by Crippen LogP contribution is -2.04. The fraction of sp³-hybridized carbons (Fsp3) is 0.625. The summed E-state index contributed by atoms with van der Waals surface area (Å²) in [6.45, 7) is 14.6. The molecule has 0 amide bonds. The van der Waals surface area contributed by atoms with Crippen molar-refractivity contribution in [1.82, 2.24) is 0 Å². The van der Waals surface area contributed by atoms with Crippen molar-refractivity contribution < 1.29 is 19.4 Å². The van der Waals surface area contributed by atoms with Gasteiger partial charge in [-0.15, -0.1) is 0 Å². The van der Waals surface area contributed by atoms with E-state index in [1.54, 1.807) is 0 Å². The van der Waals surface area contributed by atoms with Crippen molar-refractivity contribution in [2.24, 2.45) is 5.41 Å². The molecule has 0 spiro atoms. The van der Waals surface area contributed by atoms with Gasteiger partial charge in [-0.05, 0) is 25.2 Å². The maximum Gasteiger partial charge on any atom is 0.330 e. The van der Waals surface area contributed by atoms with Crippen molar-refractivity contribution in [2.45, 2.75) is 59.8 Å². The second-order valence-corrected chi connectivity index (χ2v) is 5.86. The minimum Gasteiger partial charge on any atom is -0.478 e. The minimum atomic E-state index is -0.935. The number of esters is 1. The van der Waals surface area contributed by atoms with Crippen molar-refractivity contribution >= 4 is 11.9 Å². The third kappa shape index (κ3) is 18.8. The molecule has 116 valence electrons. The summed E-state index contributed by atoms with van der Waals surface area (Å²) in [4.78, 5) is 20.5. The average Bonchev–Trinajstić information content (AvgIpc) is 2.28. The first kappa shape index (κ1) is 20.7. The molecule has 0 rings (SSSR count). The highest BCUT2D eigenvalue weighted by Crippen LogP contribution is 2.22. The molecule has 4 heteroatoms. The number of carbonyl (C=O) groups is 2. The van der Waals surface area contributed by atoms with E-state index in [0.717, 1.165) is 12.8 Å². The van der Waals surface area contributed by atoms with Gasteiger partial charge in [0.2, 0.25) is 0 Å². The summed E-state index contributed by atoms with van der Waals surface area (Å²) in [5.41, 5.74) is 0.580. The van der Waals surface area contributed by atoms with E-state index >= 15 is 0 Å². The summed E-state index contributed by atoms with van der Waals surface area (Å²) >= 11 is 0. The number of ether oxygens (including phenoxy) is 1. The van der Waals surface area contributed by atoms with Crippen LogP contribution in [0.3, 0.4) is 0 Å². The van der Waals surface area contributed by atoms with Gasteiger partial charge in [-0.3, -0.25) is 4.79 Å². The van der Waals surface area contributed by atoms with E-state index in [1.807, 2.05) is 0 Å². The summed E-state index contributed by atoms with van der Waals surface area (Å²) in [5, 5.41) is 7.89. The summed E-state index contributed by atoms with van der Waals surface area (Å²) < 4.78 is 4.61. The van der Waals surface area contributed by atoms with Crippen molar-refractivity contribution in [3.8, 4) is 0 Å². The minimum absolute atomic E-state index is 0.171. The molecule has 0 aromatic carbocycles. The van der Waals surface area contributed by atoms with E-state index in [4.69, 9.17) is 5.11 Å². The molecule has 4 nitrogen and oxygen atoms in total. The summed E-state index contributed by atoms with van der Waals surface area (Å²) in [7, 11) is 0. The molecule has 0 heterocycles. The molecule has 0 aromatic rings. The highest BCUT2D eigenvalue weighted by Gasteiger charge is 2.09. The molecule has 1 N–H and O–H groups in total. The standard InChI is InChI=1S/C12H22O2.C4H6O2/c1-5-14-11(13)9-7-6-8-10-12(2,3)4;1-3(2)4(5)6/h5H,1,6-10H2,2-4H3;1H2,2H3,(H,5,6). The van der Waals surface area contributed by atoms with Crippen LogP contribution in [0.1, 0.15) is 59.8 Å². The number of aliphatic carboxylic acids is 1. The second-order valence-electron chi connectivity index (χ2n) is 5.86. The van der Waals surface area contributed by atoms with Crippen LogP contribution in [-0.2, 0) is 14.3 Å². The predicted octanol–water partition coefficient (Wildman–Crippen LogP) is 4.32. The number of rotatable bonds is 7. The van der Waals surface area contributed by atoms with E-state index in [0.29, 0.717) is 11.8 Å². The zero-order valence-corrected chi connectivity index (χ0v) is 13.2. The van der Waals surface area contributed by atoms with Crippen LogP contribution in [0.5, 0.6) is 0 Å². The maximum atomic E-state index is 10.9. The predicted molar refractivity (Wildman–Crippen MR) is 81.3 cm³/mol. The Hall–Kier alpha value is -1.58. The summed E-state index contributed by atoms with van der Waals surface area (Å²) in [6.07, 6.45) is 6.12. The SMILES string of the molecule is C=C(C)C(=O)O.C=COC(=O)CCCCCC(C)(C)C. The number of hydrogen-bond donors (Lipinski definition) is 1. The Kier molecular flexibility index (Phi) is 11.7. The van der Waals surface area contributed by atoms with Gasteiger partial charge in [-0.1, -0.05) is 46.8 Å². The maximum absolute atomic E-state index is 10.9. The Morgan fingerprint density at radius 2 is 1.70 bits per heavy atom. The van der Waals surface area contributed by atoms with Crippen LogP contribution in [0.25, 0.3) is 0 Å². The highest BCUT2D eigenvalue weighted by atomic mass is 16.5. The van der Waals surface area contributed by atoms with Gasteiger partial charge in [-0.25, -0.2) is 4.79 Å². The Morgan fingerprint density at radius 1 is 1.20 bits per heavy atom. The van der Waals surface area contributed by atoms with Crippen LogP contribution < -0.4 is 0 Å². The quantitative estimate of drug-likeness (QED) is 0.327. The first-order valence-electron chi connectivity index (χ1n) is 6.79. The first-order valence-corrected chi connectivity index (χ1v) is 6.79. The van der Waals surface area contributed by atoms with E-state index in [2.05, 4.69) is 38.7 Å². The Bertz CT molecular complexity index is 312. The molecular formula is C16H28O4. The van der Waals surface area contributed by atoms with Gasteiger partial charge in [0, 0.05) is 12.0 Å². The number of carboxylic acid groups (broad SMARTS) is 1. The summed E-state index contributed by atoms with van der Waals surface area (Å²) in [6, 6.07) is 0. The lowest BCUT2D eigenvalue weighted by molar-refractivity contribution is -0.138. The molecule has 0 saturated carbocycles. The number of hydrogen-bond acceptors (Lipinski definition) is 3. The zero-order chi connectivity index (χ0) is 16.2. The van der Waals surface area contributed by atoms with Crippen LogP contribution in [0.15, 0.2) is 25.0 Å². The monoisotopic (exact) mass is 284 g/mol. The number of carbonyl (C=O) groups excluding carboxylic acids is 1. The smallest absolute Gasteiger partial charge is 0.330 e. The van der Waals surface area contributed by atoms with Gasteiger partial charge in [-0.2, -0.15) is 0 Å². The number of unbranched alkanes of at least 4 members (excludes halogenated alkanes) is 2. The molecular weight excluding hydrogens is 256 g/mol. The molecule has 0 radical (unpaired) electrons. The molecule has 0 aliphatic heterocycles. The van der Waals surface area contributed by atoms with E-state index in [-0.39, 0.29) is 11.5 Å². The third-order valence-electron chi connectivity index (χ3n) is 2.39. The van der Waals surface area contributed by atoms with Crippen LogP contribution in [0, 0.1) is 5.41 Å². The van der Waals surface area contributed by atoms with Crippen LogP contribution >= 0.6 is 0 Å². The molecule has 0 atom stereocenters. The molecule has 0 fully saturated rings. The average molecular weight is 284 g/mol. The van der Waals surface area contributed by atoms with E-state index < -0.39 is 5.97 Å². The Labute approximate surface area is 122 Å². The highest BCUT2D eigenvalue weighted by molar-refractivity contribution is 5.84. The normalized spacial score (nSPS) is 10.0. The van der Waals surface area contributed by atoms with Crippen LogP contribution in [0.2, 0.25) is 0 Å². The van der Waals surface area contributed by atoms with E-state index in [1.165, 1.54) is 26.0 Å². The van der Waals surface area contributed by atoms with Crippen LogP contribution in [0.4, 0.5) is 0 Å². The van der Waals surface area contributed by atoms with Crippen molar-refractivity contribution in [3.05, 3.63) is 25.0 Å². The van der Waals surface area contributed by atoms with Gasteiger partial charge >= 0.3 is 11.9 Å². The summed E-state index contributed by atoms with van der Waals surface area (Å²) in [5.74, 6) is -1.11. The number of carboxylic acids is 1. The molecule has 0 unspecified atom stereocenters. The fourth-order valence-electron chi connectivity index (χ4n) is 1.25. The van der Waals surface area contributed by atoms with Gasteiger partial charge in [0.05, 0.1) is 6.26 Å². The lowest BCUT2D eigenvalue weighted by Gasteiger charge is -2.17. The lowest BCUT2D eigenvalue weighted by atomic mass is 9.89. The van der Waals surface area contributed by atoms with Gasteiger partial charge in [0.15, 0.2) is 0 Å².